The number of halogens is 2. The minimum atomic E-state index is -0.430. The summed E-state index contributed by atoms with van der Waals surface area (Å²) in [5.74, 6) is -0.672. The summed E-state index contributed by atoms with van der Waals surface area (Å²) in [5, 5.41) is 5.43. The highest BCUT2D eigenvalue weighted by Gasteiger charge is 2.20. The molecule has 0 saturated heterocycles. The Bertz CT molecular complexity index is 963. The Morgan fingerprint density at radius 3 is 2.77 bits per heavy atom. The molecule has 5 nitrogen and oxygen atoms in total. The van der Waals surface area contributed by atoms with E-state index in [1.54, 1.807) is 32.3 Å². The highest BCUT2D eigenvalue weighted by molar-refractivity contribution is 6.31. The average Bonchev–Trinajstić information content (AvgIpc) is 2.99. The summed E-state index contributed by atoms with van der Waals surface area (Å²) in [5.41, 5.74) is 2.12. The summed E-state index contributed by atoms with van der Waals surface area (Å²) >= 11 is 6.06. The summed E-state index contributed by atoms with van der Waals surface area (Å²) in [7, 11) is 1.62. The van der Waals surface area contributed by atoms with Crippen molar-refractivity contribution in [2.24, 2.45) is 0 Å². The number of hydrogen-bond acceptors (Lipinski definition) is 3. The van der Waals surface area contributed by atoms with Crippen LogP contribution in [0, 0.1) is 12.7 Å². The minimum absolute atomic E-state index is 0.0765. The Kier molecular flexibility index (Phi) is 4.96. The molecule has 0 atom stereocenters. The average molecular weight is 375 g/mol. The lowest BCUT2D eigenvalue weighted by atomic mass is 10.1. The molecule has 0 radical (unpaired) electrons. The Labute approximate surface area is 156 Å². The van der Waals surface area contributed by atoms with E-state index in [0.717, 1.165) is 11.0 Å². The number of hydrogen-bond donors (Lipinski definition) is 0. The van der Waals surface area contributed by atoms with Gasteiger partial charge in [0.05, 0.1) is 17.5 Å². The van der Waals surface area contributed by atoms with Crippen LogP contribution in [0.2, 0.25) is 5.02 Å². The predicted molar refractivity (Wildman–Crippen MR) is 99.9 cm³/mol. The van der Waals surface area contributed by atoms with Crippen LogP contribution in [-0.4, -0.2) is 32.6 Å². The number of nitrogens with zero attached hydrogens (tertiary/aromatic N) is 4. The zero-order valence-corrected chi connectivity index (χ0v) is 15.9. The lowest BCUT2D eigenvalue weighted by molar-refractivity contribution is 0.0783. The van der Waals surface area contributed by atoms with Gasteiger partial charge in [0.2, 0.25) is 0 Å². The van der Waals surface area contributed by atoms with E-state index in [2.05, 4.69) is 10.1 Å². The van der Waals surface area contributed by atoms with E-state index in [9.17, 15) is 9.18 Å². The molecule has 26 heavy (non-hydrogen) atoms. The first-order chi connectivity index (χ1) is 12.3. The van der Waals surface area contributed by atoms with Gasteiger partial charge in [-0.05, 0) is 39.0 Å². The smallest absolute Gasteiger partial charge is 0.255 e. The van der Waals surface area contributed by atoms with Gasteiger partial charge in [-0.3, -0.25) is 4.79 Å². The van der Waals surface area contributed by atoms with Crippen molar-refractivity contribution in [1.29, 1.82) is 0 Å². The van der Waals surface area contributed by atoms with E-state index in [1.165, 1.54) is 17.0 Å². The van der Waals surface area contributed by atoms with Crippen molar-refractivity contribution >= 4 is 28.5 Å². The molecule has 2 heterocycles. The van der Waals surface area contributed by atoms with E-state index >= 15 is 0 Å². The van der Waals surface area contributed by atoms with E-state index in [0.29, 0.717) is 21.8 Å². The van der Waals surface area contributed by atoms with Crippen molar-refractivity contribution in [3.8, 4) is 0 Å². The topological polar surface area (TPSA) is 51.0 Å². The maximum absolute atomic E-state index is 14.0. The first kappa shape index (κ1) is 18.3. The summed E-state index contributed by atoms with van der Waals surface area (Å²) in [6.45, 7) is 5.91. The fourth-order valence-electron chi connectivity index (χ4n) is 2.86. The van der Waals surface area contributed by atoms with Gasteiger partial charge in [-0.25, -0.2) is 14.1 Å². The first-order valence-corrected chi connectivity index (χ1v) is 8.70. The minimum Gasteiger partial charge on any atom is -0.337 e. The fraction of sp³-hybridized carbons (Fsp3) is 0.316. The van der Waals surface area contributed by atoms with Crippen LogP contribution in [0.5, 0.6) is 0 Å². The van der Waals surface area contributed by atoms with Crippen LogP contribution in [0.15, 0.2) is 30.5 Å². The molecule has 7 heteroatoms. The maximum Gasteiger partial charge on any atom is 0.255 e. The van der Waals surface area contributed by atoms with Crippen LogP contribution in [0.25, 0.3) is 11.0 Å². The highest BCUT2D eigenvalue weighted by Crippen LogP contribution is 2.23. The molecule has 0 saturated carbocycles. The lowest BCUT2D eigenvalue weighted by Gasteiger charge is -2.19. The third kappa shape index (κ3) is 3.29. The molecule has 0 fully saturated rings. The number of aryl methyl sites for hydroxylation is 1. The zero-order chi connectivity index (χ0) is 19.0. The van der Waals surface area contributed by atoms with E-state index < -0.39 is 5.82 Å². The van der Waals surface area contributed by atoms with E-state index in [1.807, 2.05) is 18.5 Å². The Morgan fingerprint density at radius 1 is 1.38 bits per heavy atom. The van der Waals surface area contributed by atoms with Crippen LogP contribution in [-0.2, 0) is 6.54 Å². The number of carbonyl (C=O) groups is 1. The van der Waals surface area contributed by atoms with Crippen LogP contribution in [0.1, 0.15) is 41.5 Å². The Morgan fingerprint density at radius 2 is 2.12 bits per heavy atom. The maximum atomic E-state index is 14.0. The second kappa shape index (κ2) is 7.03. The molecule has 0 spiro atoms. The quantitative estimate of drug-likeness (QED) is 0.680. The molecule has 3 aromatic rings. The van der Waals surface area contributed by atoms with Crippen LogP contribution >= 0.6 is 11.6 Å². The monoisotopic (exact) mass is 374 g/mol. The number of benzene rings is 1. The molecule has 1 amide bonds. The van der Waals surface area contributed by atoms with E-state index in [-0.39, 0.29) is 18.5 Å². The van der Waals surface area contributed by atoms with Gasteiger partial charge >= 0.3 is 0 Å². The highest BCUT2D eigenvalue weighted by atomic mass is 35.5. The van der Waals surface area contributed by atoms with Crippen LogP contribution in [0.3, 0.4) is 0 Å². The van der Waals surface area contributed by atoms with Gasteiger partial charge in [0.1, 0.15) is 5.82 Å². The van der Waals surface area contributed by atoms with Gasteiger partial charge in [0.15, 0.2) is 5.65 Å². The molecular formula is C19H20ClFN4O. The van der Waals surface area contributed by atoms with Gasteiger partial charge in [-0.15, -0.1) is 0 Å². The number of carbonyl (C=O) groups excluding carboxylic acids is 1. The normalized spacial score (nSPS) is 11.3. The number of aromatic nitrogens is 3. The van der Waals surface area contributed by atoms with Crippen molar-refractivity contribution in [2.45, 2.75) is 33.4 Å². The third-order valence-electron chi connectivity index (χ3n) is 4.28. The summed E-state index contributed by atoms with van der Waals surface area (Å²) < 4.78 is 15.8. The van der Waals surface area contributed by atoms with Crippen molar-refractivity contribution in [2.75, 3.05) is 7.05 Å². The molecule has 2 aromatic heterocycles. The molecular weight excluding hydrogens is 355 g/mol. The van der Waals surface area contributed by atoms with Crippen molar-refractivity contribution in [1.82, 2.24) is 19.7 Å². The first-order valence-electron chi connectivity index (χ1n) is 8.32. The largest absolute Gasteiger partial charge is 0.337 e. The number of fused-ring (bicyclic) bond motifs is 1. The SMILES string of the molecule is Cc1nc2c(cnn2C(C)C)cc1C(=O)N(C)Cc1c(F)cccc1Cl. The van der Waals surface area contributed by atoms with Crippen molar-refractivity contribution in [3.63, 3.8) is 0 Å². The molecule has 0 N–H and O–H groups in total. The molecule has 1 aromatic carbocycles. The van der Waals surface area contributed by atoms with Crippen molar-refractivity contribution in [3.05, 3.63) is 58.1 Å². The Hall–Kier alpha value is -2.47. The molecule has 0 unspecified atom stereocenters. The standard InChI is InChI=1S/C19H20ClFN4O/c1-11(2)25-18-13(9-22-25)8-14(12(3)23-18)19(26)24(4)10-15-16(20)6-5-7-17(15)21/h5-9,11H,10H2,1-4H3. The lowest BCUT2D eigenvalue weighted by Crippen LogP contribution is -2.27. The van der Waals surface area contributed by atoms with Gasteiger partial charge in [-0.1, -0.05) is 17.7 Å². The van der Waals surface area contributed by atoms with Crippen LogP contribution < -0.4 is 0 Å². The zero-order valence-electron chi connectivity index (χ0n) is 15.1. The van der Waals surface area contributed by atoms with Gasteiger partial charge in [0.25, 0.3) is 5.91 Å². The van der Waals surface area contributed by atoms with E-state index in [4.69, 9.17) is 11.6 Å². The molecule has 0 aliphatic carbocycles. The molecule has 0 aliphatic rings. The van der Waals surface area contributed by atoms with Gasteiger partial charge in [0, 0.05) is 35.6 Å². The molecule has 3 rings (SSSR count). The van der Waals surface area contributed by atoms with Gasteiger partial charge in [-0.2, -0.15) is 5.10 Å². The summed E-state index contributed by atoms with van der Waals surface area (Å²) in [4.78, 5) is 18.9. The van der Waals surface area contributed by atoms with Gasteiger partial charge < -0.3 is 4.90 Å². The predicted octanol–water partition coefficient (Wildman–Crippen LogP) is 4.39. The second-order valence-electron chi connectivity index (χ2n) is 6.58. The Balaban J connectivity index is 1.93. The molecule has 0 bridgehead atoms. The molecule has 0 aliphatic heterocycles. The third-order valence-corrected chi connectivity index (χ3v) is 4.64. The summed E-state index contributed by atoms with van der Waals surface area (Å²) in [6, 6.07) is 6.44. The fourth-order valence-corrected chi connectivity index (χ4v) is 3.08. The molecule has 136 valence electrons. The number of pyridine rings is 1. The number of rotatable bonds is 4. The van der Waals surface area contributed by atoms with Crippen molar-refractivity contribution < 1.29 is 9.18 Å². The van der Waals surface area contributed by atoms with Crippen LogP contribution in [0.4, 0.5) is 4.39 Å². The summed E-state index contributed by atoms with van der Waals surface area (Å²) in [6.07, 6.45) is 1.70. The number of amides is 1. The second-order valence-corrected chi connectivity index (χ2v) is 6.99.